The molecule has 0 bridgehead atoms. The van der Waals surface area contributed by atoms with E-state index in [1.807, 2.05) is 0 Å². The molecule has 60 heavy (non-hydrogen) atoms. The normalized spacial score (nSPS) is 14.4. The third kappa shape index (κ3) is 46.2. The summed E-state index contributed by atoms with van der Waals surface area (Å²) in [6.07, 6.45) is 64.0. The predicted octanol–water partition coefficient (Wildman–Crippen LogP) is 14.4. The van der Waals surface area contributed by atoms with Gasteiger partial charge in [-0.25, -0.2) is 4.57 Å². The van der Waals surface area contributed by atoms with Crippen LogP contribution in [0.2, 0.25) is 0 Å². The second-order valence-electron chi connectivity index (χ2n) is 14.9. The molecule has 3 N–H and O–H groups in total. The van der Waals surface area contributed by atoms with Gasteiger partial charge in [-0.2, -0.15) is 0 Å². The van der Waals surface area contributed by atoms with E-state index in [1.165, 1.54) is 32.1 Å². The third-order valence-corrected chi connectivity index (χ3v) is 10.2. The van der Waals surface area contributed by atoms with E-state index in [-0.39, 0.29) is 32.3 Å². The molecule has 0 saturated carbocycles. The number of phosphoric ester groups is 1. The van der Waals surface area contributed by atoms with E-state index >= 15 is 0 Å². The number of nitrogens with two attached hydrogens (primary N) is 1. The van der Waals surface area contributed by atoms with E-state index in [4.69, 9.17) is 24.3 Å². The lowest BCUT2D eigenvalue weighted by Crippen LogP contribution is -2.28. The minimum absolute atomic E-state index is 0.0887. The maximum absolute atomic E-state index is 12.6. The van der Waals surface area contributed by atoms with Crippen molar-refractivity contribution in [2.75, 3.05) is 33.0 Å². The molecule has 0 aromatic carbocycles. The number of carbonyl (C=O) groups excluding carboxylic acids is 1. The van der Waals surface area contributed by atoms with Crippen LogP contribution in [0.15, 0.2) is 109 Å². The minimum atomic E-state index is -4.30. The molecule has 0 aliphatic rings. The summed E-state index contributed by atoms with van der Waals surface area (Å²) in [5.74, 6) is -0.355. The van der Waals surface area contributed by atoms with Gasteiger partial charge >= 0.3 is 13.8 Å². The van der Waals surface area contributed by atoms with Crippen molar-refractivity contribution >= 4 is 13.8 Å². The first-order chi connectivity index (χ1) is 29.4. The van der Waals surface area contributed by atoms with Crippen LogP contribution in [0.25, 0.3) is 0 Å². The van der Waals surface area contributed by atoms with Crippen LogP contribution in [-0.4, -0.2) is 49.9 Å². The average molecular weight is 856 g/mol. The van der Waals surface area contributed by atoms with Gasteiger partial charge in [0.25, 0.3) is 0 Å². The number of esters is 1. The highest BCUT2D eigenvalue weighted by atomic mass is 31.2. The summed E-state index contributed by atoms with van der Waals surface area (Å²) in [7, 11) is -4.30. The summed E-state index contributed by atoms with van der Waals surface area (Å²) in [5.41, 5.74) is 5.38. The highest BCUT2D eigenvalue weighted by molar-refractivity contribution is 7.47. The Morgan fingerprint density at radius 3 is 1.32 bits per heavy atom. The van der Waals surface area contributed by atoms with Crippen molar-refractivity contribution in [2.24, 2.45) is 5.73 Å². The molecule has 9 heteroatoms. The van der Waals surface area contributed by atoms with Crippen molar-refractivity contribution in [1.29, 1.82) is 0 Å². The fraction of sp³-hybridized carbons (Fsp3) is 0.627. The van der Waals surface area contributed by atoms with Gasteiger partial charge in [0.2, 0.25) is 0 Å². The van der Waals surface area contributed by atoms with Crippen LogP contribution >= 0.6 is 7.82 Å². The van der Waals surface area contributed by atoms with Gasteiger partial charge in [-0.15, -0.1) is 0 Å². The molecule has 0 aliphatic heterocycles. The molecule has 0 radical (unpaired) electrons. The topological polar surface area (TPSA) is 117 Å². The van der Waals surface area contributed by atoms with Crippen molar-refractivity contribution in [3.8, 4) is 0 Å². The molecule has 2 atom stereocenters. The van der Waals surface area contributed by atoms with Gasteiger partial charge in [0.15, 0.2) is 0 Å². The van der Waals surface area contributed by atoms with Crippen LogP contribution in [0.5, 0.6) is 0 Å². The predicted molar refractivity (Wildman–Crippen MR) is 256 cm³/mol. The number of phosphoric acid groups is 1. The lowest BCUT2D eigenvalue weighted by atomic mass is 10.1. The number of ether oxygens (including phenoxy) is 2. The van der Waals surface area contributed by atoms with Crippen LogP contribution < -0.4 is 5.73 Å². The number of rotatable bonds is 43. The molecule has 0 rings (SSSR count). The molecule has 8 nitrogen and oxygen atoms in total. The number of carbonyl (C=O) groups is 1. The van der Waals surface area contributed by atoms with Crippen LogP contribution in [0.3, 0.4) is 0 Å². The summed E-state index contributed by atoms with van der Waals surface area (Å²) in [5, 5.41) is 0. The molecule has 0 aromatic rings. The Balaban J connectivity index is 4.08. The number of hydrogen-bond acceptors (Lipinski definition) is 7. The Morgan fingerprint density at radius 2 is 0.883 bits per heavy atom. The Bertz CT molecular complexity index is 1280. The molecule has 0 amide bonds. The van der Waals surface area contributed by atoms with E-state index in [0.29, 0.717) is 13.0 Å². The number of allylic oxidation sites excluding steroid dienone is 18. The Labute approximate surface area is 367 Å². The average Bonchev–Trinajstić information content (AvgIpc) is 3.24. The SMILES string of the molecule is CC/C=C\C/C=C\C/C=C\C/C=C\C/C=C\C/C=C\CCCCCCCCC(=O)OC(COCCCCCCCC/C=C\C/C=C\C/C=C\CC)COP(=O)(O)OCCN. The number of unbranched alkanes of at least 4 members (excludes halogenated alkanes) is 12. The zero-order valence-corrected chi connectivity index (χ0v) is 38.8. The van der Waals surface area contributed by atoms with Crippen LogP contribution in [0, 0.1) is 0 Å². The first-order valence-electron chi connectivity index (χ1n) is 23.4. The van der Waals surface area contributed by atoms with Crippen LogP contribution in [-0.2, 0) is 27.9 Å². The van der Waals surface area contributed by atoms with Gasteiger partial charge in [-0.05, 0) is 96.3 Å². The van der Waals surface area contributed by atoms with E-state index in [0.717, 1.165) is 116 Å². The fourth-order valence-corrected chi connectivity index (χ4v) is 6.60. The lowest BCUT2D eigenvalue weighted by Gasteiger charge is -2.20. The van der Waals surface area contributed by atoms with Crippen molar-refractivity contribution in [3.63, 3.8) is 0 Å². The third-order valence-electron chi connectivity index (χ3n) is 9.19. The number of hydrogen-bond donors (Lipinski definition) is 2. The lowest BCUT2D eigenvalue weighted by molar-refractivity contribution is -0.154. The molecule has 0 fully saturated rings. The highest BCUT2D eigenvalue weighted by Gasteiger charge is 2.25. The molecular weight excluding hydrogens is 770 g/mol. The maximum atomic E-state index is 12.6. The first kappa shape index (κ1) is 57.2. The van der Waals surface area contributed by atoms with E-state index < -0.39 is 13.9 Å². The van der Waals surface area contributed by atoms with E-state index in [9.17, 15) is 14.3 Å². The summed E-state index contributed by atoms with van der Waals surface area (Å²) in [4.78, 5) is 22.5. The molecule has 0 aliphatic carbocycles. The zero-order chi connectivity index (χ0) is 43.7. The highest BCUT2D eigenvalue weighted by Crippen LogP contribution is 2.43. The van der Waals surface area contributed by atoms with E-state index in [1.54, 1.807) is 0 Å². The van der Waals surface area contributed by atoms with Crippen molar-refractivity contribution in [2.45, 2.75) is 174 Å². The Kier molecular flexibility index (Phi) is 45.0. The van der Waals surface area contributed by atoms with Crippen LogP contribution in [0.1, 0.15) is 168 Å². The first-order valence-corrected chi connectivity index (χ1v) is 24.9. The second-order valence-corrected chi connectivity index (χ2v) is 16.3. The second kappa shape index (κ2) is 47.2. The van der Waals surface area contributed by atoms with Gasteiger partial charge < -0.3 is 20.1 Å². The Hall–Kier alpha value is -2.84. The van der Waals surface area contributed by atoms with Gasteiger partial charge in [-0.3, -0.25) is 13.8 Å². The molecule has 0 saturated heterocycles. The van der Waals surface area contributed by atoms with Gasteiger partial charge in [0.05, 0.1) is 19.8 Å². The molecule has 342 valence electrons. The monoisotopic (exact) mass is 856 g/mol. The van der Waals surface area contributed by atoms with Crippen LogP contribution in [0.4, 0.5) is 0 Å². The zero-order valence-electron chi connectivity index (χ0n) is 37.9. The molecule has 2 unspecified atom stereocenters. The van der Waals surface area contributed by atoms with Gasteiger partial charge in [-0.1, -0.05) is 175 Å². The Morgan fingerprint density at radius 1 is 0.500 bits per heavy atom. The minimum Gasteiger partial charge on any atom is -0.457 e. The summed E-state index contributed by atoms with van der Waals surface area (Å²) in [6.45, 7) is 4.62. The summed E-state index contributed by atoms with van der Waals surface area (Å²) in [6, 6.07) is 0. The summed E-state index contributed by atoms with van der Waals surface area (Å²) < 4.78 is 33.5. The quantitative estimate of drug-likeness (QED) is 0.0269. The van der Waals surface area contributed by atoms with Crippen molar-refractivity contribution in [3.05, 3.63) is 109 Å². The molecule has 0 heterocycles. The maximum Gasteiger partial charge on any atom is 0.472 e. The smallest absolute Gasteiger partial charge is 0.457 e. The van der Waals surface area contributed by atoms with Crippen molar-refractivity contribution < 1.29 is 32.8 Å². The largest absolute Gasteiger partial charge is 0.472 e. The van der Waals surface area contributed by atoms with Crippen molar-refractivity contribution in [1.82, 2.24) is 0 Å². The standard InChI is InChI=1S/C51H86NO7P/c1-3-5-7-9-11-13-15-17-19-21-22-23-24-25-26-27-28-29-30-32-34-36-38-40-42-44-51(53)59-50(49-58-60(54,55)57-47-45-52)48-56-46-43-41-39-37-35-33-31-20-18-16-14-12-10-8-6-4-2/h5-8,11-14,17-20,22-23,25-26,28-29,50H,3-4,9-10,15-16,21,24,27,30-49,52H2,1-2H3,(H,54,55)/b7-5-,8-6-,13-11-,14-12-,19-17-,20-18-,23-22-,26-25-,29-28-. The fourth-order valence-electron chi connectivity index (χ4n) is 5.84. The molecule has 0 aromatic heterocycles. The summed E-state index contributed by atoms with van der Waals surface area (Å²) >= 11 is 0. The van der Waals surface area contributed by atoms with E-state index in [2.05, 4.69) is 123 Å². The van der Waals surface area contributed by atoms with Gasteiger partial charge in [0.1, 0.15) is 6.10 Å². The van der Waals surface area contributed by atoms with Gasteiger partial charge in [0, 0.05) is 19.6 Å². The molecule has 0 spiro atoms. The molecular formula is C51H86NO7P.